The first-order valence-electron chi connectivity index (χ1n) is 6.68. The molecule has 0 spiro atoms. The normalized spacial score (nSPS) is 12.6. The van der Waals surface area contributed by atoms with Gasteiger partial charge in [0.05, 0.1) is 0 Å². The van der Waals surface area contributed by atoms with Gasteiger partial charge in [0.2, 0.25) is 6.79 Å². The molecule has 0 aliphatic carbocycles. The zero-order valence-electron chi connectivity index (χ0n) is 11.4. The third-order valence-corrected chi connectivity index (χ3v) is 3.69. The van der Waals surface area contributed by atoms with E-state index in [0.717, 1.165) is 10.9 Å². The van der Waals surface area contributed by atoms with Gasteiger partial charge in [-0.15, -0.1) is 0 Å². The molecular weight excluding hydrogens is 304 g/mol. The van der Waals surface area contributed by atoms with Gasteiger partial charge < -0.3 is 19.8 Å². The molecule has 0 fully saturated rings. The average molecular weight is 315 g/mol. The van der Waals surface area contributed by atoms with Gasteiger partial charge in [-0.1, -0.05) is 17.7 Å². The molecule has 0 bridgehead atoms. The van der Waals surface area contributed by atoms with Gasteiger partial charge in [-0.25, -0.2) is 0 Å². The number of benzene rings is 2. The Bertz CT molecular complexity index is 888. The standard InChI is InChI=1S/C16H11ClN2O3/c17-10-2-1-9-5-13(19-12(9)6-10)16(20)18-11-3-4-14-15(7-11)22-8-21-14/h1-7,19H,8H2,(H,18,20). The highest BCUT2D eigenvalue weighted by molar-refractivity contribution is 6.31. The molecule has 4 rings (SSSR count). The number of rotatable bonds is 2. The molecule has 22 heavy (non-hydrogen) atoms. The third-order valence-electron chi connectivity index (χ3n) is 3.46. The first-order valence-corrected chi connectivity index (χ1v) is 7.06. The number of ether oxygens (including phenoxy) is 2. The largest absolute Gasteiger partial charge is 0.454 e. The minimum atomic E-state index is -0.230. The number of hydrogen-bond donors (Lipinski definition) is 2. The van der Waals surface area contributed by atoms with Gasteiger partial charge in [0.25, 0.3) is 5.91 Å². The highest BCUT2D eigenvalue weighted by Crippen LogP contribution is 2.34. The van der Waals surface area contributed by atoms with Gasteiger partial charge in [-0.3, -0.25) is 4.79 Å². The summed E-state index contributed by atoms with van der Waals surface area (Å²) in [5.74, 6) is 1.07. The maximum Gasteiger partial charge on any atom is 0.272 e. The van der Waals surface area contributed by atoms with Crippen LogP contribution in [0.5, 0.6) is 11.5 Å². The van der Waals surface area contributed by atoms with E-state index in [1.165, 1.54) is 0 Å². The van der Waals surface area contributed by atoms with Crippen LogP contribution in [0.2, 0.25) is 5.02 Å². The van der Waals surface area contributed by atoms with Crippen LogP contribution in [0.4, 0.5) is 5.69 Å². The Kier molecular flexibility index (Phi) is 2.94. The minimum absolute atomic E-state index is 0.204. The van der Waals surface area contributed by atoms with Crippen molar-refractivity contribution in [2.45, 2.75) is 0 Å². The molecule has 0 atom stereocenters. The van der Waals surface area contributed by atoms with Gasteiger partial charge in [-0.2, -0.15) is 0 Å². The highest BCUT2D eigenvalue weighted by atomic mass is 35.5. The number of aromatic amines is 1. The Morgan fingerprint density at radius 3 is 2.86 bits per heavy atom. The maximum absolute atomic E-state index is 12.3. The highest BCUT2D eigenvalue weighted by Gasteiger charge is 2.15. The molecule has 2 heterocycles. The number of carbonyl (C=O) groups is 1. The maximum atomic E-state index is 12.3. The molecule has 2 N–H and O–H groups in total. The van der Waals surface area contributed by atoms with Crippen molar-refractivity contribution < 1.29 is 14.3 Å². The minimum Gasteiger partial charge on any atom is -0.454 e. The Labute approximate surface area is 130 Å². The Morgan fingerprint density at radius 1 is 1.09 bits per heavy atom. The molecule has 110 valence electrons. The van der Waals surface area contributed by atoms with Crippen LogP contribution < -0.4 is 14.8 Å². The molecule has 6 heteroatoms. The third kappa shape index (κ3) is 2.25. The Hall–Kier alpha value is -2.66. The van der Waals surface area contributed by atoms with E-state index >= 15 is 0 Å². The topological polar surface area (TPSA) is 63.4 Å². The second kappa shape index (κ2) is 4.96. The summed E-state index contributed by atoms with van der Waals surface area (Å²) in [6.07, 6.45) is 0. The number of halogens is 1. The fourth-order valence-corrected chi connectivity index (χ4v) is 2.57. The lowest BCUT2D eigenvalue weighted by Gasteiger charge is -2.04. The smallest absolute Gasteiger partial charge is 0.272 e. The molecule has 2 aromatic carbocycles. The molecule has 0 radical (unpaired) electrons. The number of hydrogen-bond acceptors (Lipinski definition) is 3. The van der Waals surface area contributed by atoms with E-state index in [2.05, 4.69) is 10.3 Å². The molecule has 1 aliphatic heterocycles. The van der Waals surface area contributed by atoms with Crippen molar-refractivity contribution in [1.82, 2.24) is 4.98 Å². The van der Waals surface area contributed by atoms with Gasteiger partial charge in [-0.05, 0) is 30.3 Å². The fourth-order valence-electron chi connectivity index (χ4n) is 2.39. The van der Waals surface area contributed by atoms with E-state index in [4.69, 9.17) is 21.1 Å². The van der Waals surface area contributed by atoms with Crippen LogP contribution in [-0.4, -0.2) is 17.7 Å². The summed E-state index contributed by atoms with van der Waals surface area (Å²) in [5.41, 5.74) is 1.93. The molecule has 5 nitrogen and oxygen atoms in total. The number of H-pyrrole nitrogens is 1. The Balaban J connectivity index is 1.60. The van der Waals surface area contributed by atoms with Crippen molar-refractivity contribution in [3.05, 3.63) is 53.2 Å². The quantitative estimate of drug-likeness (QED) is 0.756. The summed E-state index contributed by atoms with van der Waals surface area (Å²) in [7, 11) is 0. The molecular formula is C16H11ClN2O3. The van der Waals surface area contributed by atoms with Crippen molar-refractivity contribution in [3.8, 4) is 11.5 Å². The van der Waals surface area contributed by atoms with E-state index in [1.54, 1.807) is 36.4 Å². The van der Waals surface area contributed by atoms with Crippen LogP contribution >= 0.6 is 11.6 Å². The fraction of sp³-hybridized carbons (Fsp3) is 0.0625. The lowest BCUT2D eigenvalue weighted by Crippen LogP contribution is -2.12. The summed E-state index contributed by atoms with van der Waals surface area (Å²) >= 11 is 5.95. The van der Waals surface area contributed by atoms with E-state index in [-0.39, 0.29) is 12.7 Å². The van der Waals surface area contributed by atoms with E-state index in [9.17, 15) is 4.79 Å². The summed E-state index contributed by atoms with van der Waals surface area (Å²) in [6, 6.07) is 12.5. The van der Waals surface area contributed by atoms with Crippen molar-refractivity contribution in [2.24, 2.45) is 0 Å². The monoisotopic (exact) mass is 314 g/mol. The van der Waals surface area contributed by atoms with Crippen molar-refractivity contribution >= 4 is 34.1 Å². The lowest BCUT2D eigenvalue weighted by molar-refractivity contribution is 0.102. The van der Waals surface area contributed by atoms with Gasteiger partial charge in [0.1, 0.15) is 5.69 Å². The molecule has 0 saturated carbocycles. The number of fused-ring (bicyclic) bond motifs is 2. The van der Waals surface area contributed by atoms with Crippen LogP contribution in [0.15, 0.2) is 42.5 Å². The van der Waals surface area contributed by atoms with Crippen molar-refractivity contribution in [3.63, 3.8) is 0 Å². The number of nitrogens with one attached hydrogen (secondary N) is 2. The van der Waals surface area contributed by atoms with Crippen LogP contribution in [0, 0.1) is 0 Å². The SMILES string of the molecule is O=C(Nc1ccc2c(c1)OCO2)c1cc2ccc(Cl)cc2[nH]1. The van der Waals surface area contributed by atoms with Crippen LogP contribution in [-0.2, 0) is 0 Å². The molecule has 1 aromatic heterocycles. The second-order valence-electron chi connectivity index (χ2n) is 4.94. The molecule has 0 unspecified atom stereocenters. The predicted octanol–water partition coefficient (Wildman–Crippen LogP) is 3.80. The molecule has 3 aromatic rings. The predicted molar refractivity (Wildman–Crippen MR) is 83.8 cm³/mol. The average Bonchev–Trinajstić information content (AvgIpc) is 3.12. The number of amides is 1. The lowest BCUT2D eigenvalue weighted by atomic mass is 10.2. The number of anilines is 1. The van der Waals surface area contributed by atoms with E-state index in [0.29, 0.717) is 27.9 Å². The van der Waals surface area contributed by atoms with Crippen molar-refractivity contribution in [1.29, 1.82) is 0 Å². The molecule has 0 saturated heterocycles. The summed E-state index contributed by atoms with van der Waals surface area (Å²) < 4.78 is 10.5. The van der Waals surface area contributed by atoms with Crippen LogP contribution in [0.3, 0.4) is 0 Å². The van der Waals surface area contributed by atoms with E-state index in [1.807, 2.05) is 6.07 Å². The summed E-state index contributed by atoms with van der Waals surface area (Å²) in [5, 5.41) is 4.38. The van der Waals surface area contributed by atoms with Crippen molar-refractivity contribution in [2.75, 3.05) is 12.1 Å². The zero-order chi connectivity index (χ0) is 15.1. The second-order valence-corrected chi connectivity index (χ2v) is 5.37. The zero-order valence-corrected chi connectivity index (χ0v) is 12.1. The van der Waals surface area contributed by atoms with Gasteiger partial charge in [0.15, 0.2) is 11.5 Å². The summed E-state index contributed by atoms with van der Waals surface area (Å²) in [6.45, 7) is 0.204. The van der Waals surface area contributed by atoms with Crippen LogP contribution in [0.25, 0.3) is 10.9 Å². The van der Waals surface area contributed by atoms with E-state index < -0.39 is 0 Å². The first kappa shape index (κ1) is 13.0. The Morgan fingerprint density at radius 2 is 1.95 bits per heavy atom. The molecule has 1 amide bonds. The summed E-state index contributed by atoms with van der Waals surface area (Å²) in [4.78, 5) is 15.4. The number of carbonyl (C=O) groups excluding carboxylic acids is 1. The van der Waals surface area contributed by atoms with Gasteiger partial charge >= 0.3 is 0 Å². The number of aromatic nitrogens is 1. The van der Waals surface area contributed by atoms with Gasteiger partial charge in [0, 0.05) is 27.7 Å². The first-order chi connectivity index (χ1) is 10.7. The van der Waals surface area contributed by atoms with Crippen LogP contribution in [0.1, 0.15) is 10.5 Å². The molecule has 1 aliphatic rings.